The van der Waals surface area contributed by atoms with Gasteiger partial charge in [-0.3, -0.25) is 0 Å². The summed E-state index contributed by atoms with van der Waals surface area (Å²) in [4.78, 5) is 0. The molecule has 20 heavy (non-hydrogen) atoms. The van der Waals surface area contributed by atoms with Gasteiger partial charge in [-0.25, -0.2) is 8.42 Å². The highest BCUT2D eigenvalue weighted by atomic mass is 32.2. The summed E-state index contributed by atoms with van der Waals surface area (Å²) in [5.41, 5.74) is 1.27. The summed E-state index contributed by atoms with van der Waals surface area (Å²) in [6, 6.07) is 10.5. The Morgan fingerprint density at radius 1 is 1.20 bits per heavy atom. The van der Waals surface area contributed by atoms with Gasteiger partial charge < -0.3 is 5.32 Å². The largest absolute Gasteiger partial charge is 0.306 e. The van der Waals surface area contributed by atoms with Crippen LogP contribution in [0.15, 0.2) is 30.3 Å². The van der Waals surface area contributed by atoms with Gasteiger partial charge in [0.1, 0.15) is 0 Å². The van der Waals surface area contributed by atoms with Crippen molar-refractivity contribution in [2.75, 3.05) is 11.5 Å². The zero-order valence-corrected chi connectivity index (χ0v) is 13.4. The van der Waals surface area contributed by atoms with Gasteiger partial charge in [-0.05, 0) is 23.8 Å². The van der Waals surface area contributed by atoms with Crippen molar-refractivity contribution in [3.63, 3.8) is 0 Å². The van der Waals surface area contributed by atoms with Crippen LogP contribution in [0.5, 0.6) is 0 Å². The van der Waals surface area contributed by atoms with Crippen LogP contribution >= 0.6 is 0 Å². The summed E-state index contributed by atoms with van der Waals surface area (Å²) in [6.07, 6.45) is 1.71. The fourth-order valence-electron chi connectivity index (χ4n) is 2.88. The Hall–Kier alpha value is -0.870. The van der Waals surface area contributed by atoms with E-state index in [9.17, 15) is 8.42 Å². The van der Waals surface area contributed by atoms with Crippen LogP contribution in [0.3, 0.4) is 0 Å². The van der Waals surface area contributed by atoms with E-state index in [2.05, 4.69) is 38.2 Å². The molecule has 1 aliphatic rings. The monoisotopic (exact) mass is 295 g/mol. The summed E-state index contributed by atoms with van der Waals surface area (Å²) in [5.74, 6) is 0.614. The lowest BCUT2D eigenvalue weighted by Crippen LogP contribution is -2.45. The minimum atomic E-state index is -2.87. The van der Waals surface area contributed by atoms with E-state index in [1.807, 2.05) is 18.2 Å². The van der Waals surface area contributed by atoms with E-state index in [-0.39, 0.29) is 23.3 Å². The highest BCUT2D eigenvalue weighted by Gasteiger charge is 2.31. The Bertz CT molecular complexity index is 531. The molecule has 2 rings (SSSR count). The van der Waals surface area contributed by atoms with Crippen molar-refractivity contribution in [2.45, 2.75) is 45.7 Å². The molecule has 1 saturated heterocycles. The van der Waals surface area contributed by atoms with E-state index in [0.29, 0.717) is 5.75 Å². The molecular weight excluding hydrogens is 270 g/mol. The van der Waals surface area contributed by atoms with Gasteiger partial charge in [-0.15, -0.1) is 0 Å². The van der Waals surface area contributed by atoms with Crippen LogP contribution in [-0.2, 0) is 9.84 Å². The molecule has 1 aliphatic heterocycles. The molecule has 3 nitrogen and oxygen atoms in total. The third-order valence-electron chi connectivity index (χ3n) is 3.86. The lowest BCUT2D eigenvalue weighted by atomic mass is 9.82. The van der Waals surface area contributed by atoms with Crippen molar-refractivity contribution in [2.24, 2.45) is 5.41 Å². The molecule has 0 aliphatic carbocycles. The zero-order chi connectivity index (χ0) is 14.8. The van der Waals surface area contributed by atoms with Gasteiger partial charge in [0.05, 0.1) is 11.5 Å². The Balaban J connectivity index is 2.17. The van der Waals surface area contributed by atoms with Gasteiger partial charge >= 0.3 is 0 Å². The number of nitrogens with one attached hydrogen (secondary N) is 1. The van der Waals surface area contributed by atoms with Gasteiger partial charge in [0.2, 0.25) is 0 Å². The van der Waals surface area contributed by atoms with Gasteiger partial charge in [0.25, 0.3) is 0 Å². The van der Waals surface area contributed by atoms with Crippen molar-refractivity contribution in [1.82, 2.24) is 5.32 Å². The van der Waals surface area contributed by atoms with Gasteiger partial charge in [0.15, 0.2) is 9.84 Å². The van der Waals surface area contributed by atoms with Crippen LogP contribution in [0, 0.1) is 5.41 Å². The molecule has 1 N–H and O–H groups in total. The van der Waals surface area contributed by atoms with Crippen LogP contribution in [0.25, 0.3) is 0 Å². The maximum absolute atomic E-state index is 11.8. The van der Waals surface area contributed by atoms with Crippen molar-refractivity contribution >= 4 is 9.84 Å². The van der Waals surface area contributed by atoms with Crippen LogP contribution in [0.1, 0.15) is 45.2 Å². The number of hydrogen-bond acceptors (Lipinski definition) is 3. The van der Waals surface area contributed by atoms with Crippen LogP contribution in [-0.4, -0.2) is 26.0 Å². The first-order valence-corrected chi connectivity index (χ1v) is 9.11. The van der Waals surface area contributed by atoms with Crippen LogP contribution < -0.4 is 5.32 Å². The molecule has 2 atom stereocenters. The number of benzene rings is 1. The van der Waals surface area contributed by atoms with Crippen molar-refractivity contribution < 1.29 is 8.42 Å². The molecule has 0 saturated carbocycles. The average molecular weight is 295 g/mol. The standard InChI is InChI=1S/C16H25NO2S/c1-16(2,3)15(13-8-5-4-6-9-13)17-14-10-7-11-20(18,19)12-14/h4-6,8-9,14-15,17H,7,10-12H2,1-3H3. The van der Waals surface area contributed by atoms with E-state index in [4.69, 9.17) is 0 Å². The SMILES string of the molecule is CC(C)(C)C(NC1CCCS(=O)(=O)C1)c1ccccc1. The average Bonchev–Trinajstić information content (AvgIpc) is 2.34. The third kappa shape index (κ3) is 4.06. The molecule has 0 bridgehead atoms. The molecule has 2 unspecified atom stereocenters. The predicted octanol–water partition coefficient (Wildman–Crippen LogP) is 2.94. The summed E-state index contributed by atoms with van der Waals surface area (Å²) in [7, 11) is -2.87. The molecule has 112 valence electrons. The number of sulfone groups is 1. The third-order valence-corrected chi connectivity index (χ3v) is 5.69. The molecule has 1 fully saturated rings. The maximum atomic E-state index is 11.8. The second kappa shape index (κ2) is 5.86. The Morgan fingerprint density at radius 2 is 1.85 bits per heavy atom. The minimum absolute atomic E-state index is 0.0442. The van der Waals surface area contributed by atoms with Crippen LogP contribution in [0.2, 0.25) is 0 Å². The van der Waals surface area contributed by atoms with Crippen molar-refractivity contribution in [3.8, 4) is 0 Å². The molecule has 0 aromatic heterocycles. The summed E-state index contributed by atoms with van der Waals surface area (Å²) >= 11 is 0. The molecule has 1 aromatic rings. The Morgan fingerprint density at radius 3 is 2.40 bits per heavy atom. The second-order valence-electron chi connectivity index (χ2n) is 6.83. The summed E-state index contributed by atoms with van der Waals surface area (Å²) < 4.78 is 23.6. The quantitative estimate of drug-likeness (QED) is 0.932. The van der Waals surface area contributed by atoms with Gasteiger partial charge in [0, 0.05) is 12.1 Å². The minimum Gasteiger partial charge on any atom is -0.306 e. The van der Waals surface area contributed by atoms with E-state index in [0.717, 1.165) is 12.8 Å². The van der Waals surface area contributed by atoms with Crippen LogP contribution in [0.4, 0.5) is 0 Å². The number of hydrogen-bond donors (Lipinski definition) is 1. The Labute approximate surface area is 122 Å². The number of rotatable bonds is 3. The molecule has 1 heterocycles. The summed E-state index contributed by atoms with van der Waals surface area (Å²) in [6.45, 7) is 6.57. The van der Waals surface area contributed by atoms with E-state index >= 15 is 0 Å². The lowest BCUT2D eigenvalue weighted by molar-refractivity contribution is 0.248. The van der Waals surface area contributed by atoms with Gasteiger partial charge in [-0.2, -0.15) is 0 Å². The Kier molecular flexibility index (Phi) is 4.55. The molecule has 1 aromatic carbocycles. The molecule has 0 spiro atoms. The van der Waals surface area contributed by atoms with Gasteiger partial charge in [-0.1, -0.05) is 51.1 Å². The second-order valence-corrected chi connectivity index (χ2v) is 9.06. The van der Waals surface area contributed by atoms with Crippen molar-refractivity contribution in [3.05, 3.63) is 35.9 Å². The topological polar surface area (TPSA) is 46.2 Å². The molecular formula is C16H25NO2S. The van der Waals surface area contributed by atoms with E-state index in [1.54, 1.807) is 0 Å². The van der Waals surface area contributed by atoms with E-state index in [1.165, 1.54) is 5.56 Å². The van der Waals surface area contributed by atoms with Crippen molar-refractivity contribution in [1.29, 1.82) is 0 Å². The first-order chi connectivity index (χ1) is 9.28. The predicted molar refractivity (Wildman–Crippen MR) is 83.4 cm³/mol. The van der Waals surface area contributed by atoms with E-state index < -0.39 is 9.84 Å². The fourth-order valence-corrected chi connectivity index (χ4v) is 4.53. The highest BCUT2D eigenvalue weighted by molar-refractivity contribution is 7.91. The first kappa shape index (κ1) is 15.5. The smallest absolute Gasteiger partial charge is 0.151 e. The molecule has 0 amide bonds. The zero-order valence-electron chi connectivity index (χ0n) is 12.6. The fraction of sp³-hybridized carbons (Fsp3) is 0.625. The lowest BCUT2D eigenvalue weighted by Gasteiger charge is -2.36. The first-order valence-electron chi connectivity index (χ1n) is 7.29. The molecule has 0 radical (unpaired) electrons. The normalized spacial score (nSPS) is 24.2. The maximum Gasteiger partial charge on any atom is 0.151 e. The highest BCUT2D eigenvalue weighted by Crippen LogP contribution is 2.33. The summed E-state index contributed by atoms with van der Waals surface area (Å²) in [5, 5.41) is 3.59. The molecule has 4 heteroatoms.